The molecule has 5 amide bonds. The fourth-order valence-electron chi connectivity index (χ4n) is 2.53. The van der Waals surface area contributed by atoms with Crippen molar-refractivity contribution in [3.8, 4) is 0 Å². The van der Waals surface area contributed by atoms with Crippen molar-refractivity contribution in [3.05, 3.63) is 0 Å². The first-order valence-electron chi connectivity index (χ1n) is 10.2. The summed E-state index contributed by atoms with van der Waals surface area (Å²) in [5.74, 6) is -1.02. The third-order valence-corrected chi connectivity index (χ3v) is 5.93. The standard InChI is InChI=1S/C19H33Br2N5O5/c1-13(27)15(6-5-9-24-19(22)31)26-17(29)12-25-16(28)7-3-2-4-8-23-18(30)14(10-20)11-21/h14-15H,2-12H2,1H3,(H,23,30)(H,25,28)(H,26,29)(H3,22,24,31)/t15-/m0/s1. The van der Waals surface area contributed by atoms with Crippen LogP contribution in [0.5, 0.6) is 0 Å². The maximum absolute atomic E-state index is 12.0. The number of ketones is 1. The number of halogens is 2. The highest BCUT2D eigenvalue weighted by molar-refractivity contribution is 9.09. The van der Waals surface area contributed by atoms with Crippen LogP contribution in [0.15, 0.2) is 0 Å². The lowest BCUT2D eigenvalue weighted by atomic mass is 10.1. The van der Waals surface area contributed by atoms with Crippen LogP contribution < -0.4 is 27.0 Å². The van der Waals surface area contributed by atoms with E-state index in [1.54, 1.807) is 0 Å². The van der Waals surface area contributed by atoms with E-state index in [0.717, 1.165) is 12.8 Å². The minimum absolute atomic E-state index is 0.00879. The summed E-state index contributed by atoms with van der Waals surface area (Å²) in [7, 11) is 0. The normalized spacial score (nSPS) is 11.5. The van der Waals surface area contributed by atoms with Crippen LogP contribution in [-0.2, 0) is 19.2 Å². The molecule has 0 aliphatic rings. The van der Waals surface area contributed by atoms with Gasteiger partial charge in [0.25, 0.3) is 0 Å². The molecule has 31 heavy (non-hydrogen) atoms. The van der Waals surface area contributed by atoms with Gasteiger partial charge in [-0.25, -0.2) is 4.79 Å². The number of alkyl halides is 2. The number of hydrogen-bond acceptors (Lipinski definition) is 5. The van der Waals surface area contributed by atoms with Gasteiger partial charge >= 0.3 is 6.03 Å². The fraction of sp³-hybridized carbons (Fsp3) is 0.737. The van der Waals surface area contributed by atoms with Gasteiger partial charge in [0, 0.05) is 30.2 Å². The van der Waals surface area contributed by atoms with E-state index >= 15 is 0 Å². The Morgan fingerprint density at radius 1 is 0.839 bits per heavy atom. The summed E-state index contributed by atoms with van der Waals surface area (Å²) in [5.41, 5.74) is 4.96. The van der Waals surface area contributed by atoms with Crippen LogP contribution in [0.4, 0.5) is 4.79 Å². The third kappa shape index (κ3) is 15.7. The van der Waals surface area contributed by atoms with Crippen LogP contribution in [-0.4, -0.2) is 65.9 Å². The molecule has 0 aliphatic carbocycles. The molecule has 1 atom stereocenters. The molecule has 0 fully saturated rings. The molecule has 0 heterocycles. The number of primary amides is 1. The molecule has 0 rings (SSSR count). The molecule has 0 unspecified atom stereocenters. The summed E-state index contributed by atoms with van der Waals surface area (Å²) in [5, 5.41) is 11.6. The van der Waals surface area contributed by atoms with E-state index in [1.807, 2.05) is 0 Å². The molecule has 178 valence electrons. The second kappa shape index (κ2) is 17.9. The van der Waals surface area contributed by atoms with Gasteiger partial charge in [-0.3, -0.25) is 19.2 Å². The van der Waals surface area contributed by atoms with E-state index in [2.05, 4.69) is 53.1 Å². The second-order valence-corrected chi connectivity index (χ2v) is 8.34. The number of Topliss-reactive ketones (excluding diaryl/α,β-unsaturated/α-hetero) is 1. The zero-order valence-electron chi connectivity index (χ0n) is 17.8. The van der Waals surface area contributed by atoms with Crippen LogP contribution in [0, 0.1) is 5.92 Å². The Labute approximate surface area is 199 Å². The number of nitrogens with two attached hydrogens (primary N) is 1. The van der Waals surface area contributed by atoms with Crippen molar-refractivity contribution in [1.82, 2.24) is 21.3 Å². The van der Waals surface area contributed by atoms with Crippen molar-refractivity contribution >= 4 is 61.4 Å². The van der Waals surface area contributed by atoms with Gasteiger partial charge in [0.1, 0.15) is 0 Å². The Balaban J connectivity index is 3.94. The summed E-state index contributed by atoms with van der Waals surface area (Å²) in [6, 6.07) is -1.32. The van der Waals surface area contributed by atoms with Crippen molar-refractivity contribution in [2.24, 2.45) is 11.7 Å². The average molecular weight is 571 g/mol. The van der Waals surface area contributed by atoms with Crippen molar-refractivity contribution < 1.29 is 24.0 Å². The van der Waals surface area contributed by atoms with Gasteiger partial charge in [-0.05, 0) is 32.6 Å². The molecule has 12 heteroatoms. The molecule has 0 aromatic carbocycles. The number of nitrogens with one attached hydrogen (secondary N) is 4. The molecule has 0 aliphatic heterocycles. The number of carbonyl (C=O) groups excluding carboxylic acids is 5. The Bertz CT molecular complexity index is 602. The van der Waals surface area contributed by atoms with Crippen molar-refractivity contribution in [2.75, 3.05) is 30.3 Å². The summed E-state index contributed by atoms with van der Waals surface area (Å²) in [6.07, 6.45) is 3.31. The summed E-state index contributed by atoms with van der Waals surface area (Å²) in [4.78, 5) is 57.9. The van der Waals surface area contributed by atoms with Crippen molar-refractivity contribution in [2.45, 2.75) is 51.5 Å². The van der Waals surface area contributed by atoms with Gasteiger partial charge in [0.15, 0.2) is 5.78 Å². The SMILES string of the molecule is CC(=O)[C@H](CCCNC(N)=O)NC(=O)CNC(=O)CCCCCNC(=O)C(CBr)CBr. The Morgan fingerprint density at radius 3 is 2.06 bits per heavy atom. The van der Waals surface area contributed by atoms with Gasteiger partial charge in [0.2, 0.25) is 17.7 Å². The van der Waals surface area contributed by atoms with Gasteiger partial charge in [-0.15, -0.1) is 0 Å². The van der Waals surface area contributed by atoms with E-state index in [1.165, 1.54) is 6.92 Å². The maximum Gasteiger partial charge on any atom is 0.312 e. The predicted octanol–water partition coefficient (Wildman–Crippen LogP) is 0.708. The molecule has 0 aromatic rings. The Kier molecular flexibility index (Phi) is 17.0. The topological polar surface area (TPSA) is 159 Å². The fourth-order valence-corrected chi connectivity index (χ4v) is 4.19. The lowest BCUT2D eigenvalue weighted by molar-refractivity contribution is -0.128. The number of amides is 5. The first-order valence-corrected chi connectivity index (χ1v) is 12.4. The first kappa shape index (κ1) is 29.3. The molecule has 0 saturated heterocycles. The van der Waals surface area contributed by atoms with E-state index in [9.17, 15) is 24.0 Å². The molecule has 0 bridgehead atoms. The zero-order valence-corrected chi connectivity index (χ0v) is 21.0. The van der Waals surface area contributed by atoms with Gasteiger partial charge in [0.05, 0.1) is 18.5 Å². The molecule has 6 N–H and O–H groups in total. The minimum atomic E-state index is -0.678. The van der Waals surface area contributed by atoms with Crippen molar-refractivity contribution in [3.63, 3.8) is 0 Å². The van der Waals surface area contributed by atoms with Gasteiger partial charge < -0.3 is 27.0 Å². The van der Waals surface area contributed by atoms with Crippen LogP contribution in [0.3, 0.4) is 0 Å². The predicted molar refractivity (Wildman–Crippen MR) is 125 cm³/mol. The molecule has 0 saturated carbocycles. The van der Waals surface area contributed by atoms with E-state index in [4.69, 9.17) is 5.73 Å². The maximum atomic E-state index is 12.0. The van der Waals surface area contributed by atoms with E-state index < -0.39 is 18.0 Å². The smallest absolute Gasteiger partial charge is 0.312 e. The zero-order chi connectivity index (χ0) is 23.6. The van der Waals surface area contributed by atoms with E-state index in [-0.39, 0.29) is 36.5 Å². The summed E-state index contributed by atoms with van der Waals surface area (Å²) < 4.78 is 0. The molecule has 0 radical (unpaired) electrons. The Morgan fingerprint density at radius 2 is 1.48 bits per heavy atom. The second-order valence-electron chi connectivity index (χ2n) is 7.05. The van der Waals surface area contributed by atoms with E-state index in [0.29, 0.717) is 43.0 Å². The quantitative estimate of drug-likeness (QED) is 0.128. The Hall–Kier alpha value is -1.69. The highest BCUT2D eigenvalue weighted by Crippen LogP contribution is 2.06. The largest absolute Gasteiger partial charge is 0.356 e. The number of hydrogen-bond donors (Lipinski definition) is 5. The lowest BCUT2D eigenvalue weighted by Gasteiger charge is -2.16. The van der Waals surface area contributed by atoms with Crippen LogP contribution in [0.2, 0.25) is 0 Å². The minimum Gasteiger partial charge on any atom is -0.356 e. The van der Waals surface area contributed by atoms with Gasteiger partial charge in [-0.1, -0.05) is 38.3 Å². The van der Waals surface area contributed by atoms with Crippen LogP contribution >= 0.6 is 31.9 Å². The highest BCUT2D eigenvalue weighted by atomic mass is 79.9. The number of unbranched alkanes of at least 4 members (excludes halogenated alkanes) is 2. The monoisotopic (exact) mass is 569 g/mol. The molecule has 0 spiro atoms. The number of rotatable bonds is 17. The average Bonchev–Trinajstić information content (AvgIpc) is 2.71. The number of urea groups is 1. The highest BCUT2D eigenvalue weighted by Gasteiger charge is 2.17. The molecule has 10 nitrogen and oxygen atoms in total. The van der Waals surface area contributed by atoms with Crippen LogP contribution in [0.1, 0.15) is 45.4 Å². The van der Waals surface area contributed by atoms with Gasteiger partial charge in [-0.2, -0.15) is 0 Å². The lowest BCUT2D eigenvalue weighted by Crippen LogP contribution is -2.45. The summed E-state index contributed by atoms with van der Waals surface area (Å²) >= 11 is 6.58. The van der Waals surface area contributed by atoms with Crippen molar-refractivity contribution in [1.29, 1.82) is 0 Å². The molecular formula is C19H33Br2N5O5. The first-order chi connectivity index (χ1) is 14.7. The third-order valence-electron chi connectivity index (χ3n) is 4.36. The number of carbonyl (C=O) groups is 5. The molecular weight excluding hydrogens is 538 g/mol. The molecule has 0 aromatic heterocycles. The van der Waals surface area contributed by atoms with Crippen LogP contribution in [0.25, 0.3) is 0 Å². The summed E-state index contributed by atoms with van der Waals surface area (Å²) in [6.45, 7) is 2.02.